The van der Waals surface area contributed by atoms with Crippen molar-refractivity contribution < 1.29 is 4.92 Å². The molecule has 0 aliphatic carbocycles. The maximum Gasteiger partial charge on any atom is 0.311 e. The van der Waals surface area contributed by atoms with E-state index in [0.29, 0.717) is 12.4 Å². The van der Waals surface area contributed by atoms with Gasteiger partial charge < -0.3 is 10.7 Å². The van der Waals surface area contributed by atoms with E-state index in [1.54, 1.807) is 0 Å². The summed E-state index contributed by atoms with van der Waals surface area (Å²) in [6.07, 6.45) is 0. The van der Waals surface area contributed by atoms with Crippen LogP contribution < -0.4 is 16.6 Å². The number of nitro groups is 1. The first-order chi connectivity index (χ1) is 9.60. The van der Waals surface area contributed by atoms with Crippen LogP contribution in [0.25, 0.3) is 0 Å². The average molecular weight is 273 g/mol. The molecule has 0 spiro atoms. The molecule has 0 radical (unpaired) electrons. The molecule has 2 rings (SSSR count). The van der Waals surface area contributed by atoms with Crippen LogP contribution in [-0.2, 0) is 6.54 Å². The Bertz CT molecular complexity index is 630. The number of pyridine rings is 1. The molecular weight excluding hydrogens is 258 g/mol. The highest BCUT2D eigenvalue weighted by Crippen LogP contribution is 2.24. The lowest BCUT2D eigenvalue weighted by Gasteiger charge is -2.08. The number of hydrazine groups is 1. The van der Waals surface area contributed by atoms with E-state index in [1.165, 1.54) is 12.1 Å². The molecule has 0 saturated heterocycles. The number of aromatic nitrogens is 1. The third-order valence-electron chi connectivity index (χ3n) is 2.76. The van der Waals surface area contributed by atoms with E-state index in [-0.39, 0.29) is 11.5 Å². The van der Waals surface area contributed by atoms with E-state index >= 15 is 0 Å². The van der Waals surface area contributed by atoms with Crippen LogP contribution in [0.5, 0.6) is 0 Å². The number of rotatable bonds is 5. The molecule has 0 aliphatic heterocycles. The lowest BCUT2D eigenvalue weighted by atomic mass is 10.1. The molecule has 0 saturated carbocycles. The van der Waals surface area contributed by atoms with Gasteiger partial charge in [0.15, 0.2) is 0 Å². The average Bonchev–Trinajstić information content (AvgIpc) is 2.44. The van der Waals surface area contributed by atoms with Crippen molar-refractivity contribution in [2.45, 2.75) is 13.5 Å². The van der Waals surface area contributed by atoms with Gasteiger partial charge in [0.05, 0.1) is 4.92 Å². The summed E-state index contributed by atoms with van der Waals surface area (Å²) in [4.78, 5) is 14.5. The Morgan fingerprint density at radius 2 is 2.15 bits per heavy atom. The molecule has 2 aromatic rings. The van der Waals surface area contributed by atoms with Gasteiger partial charge in [-0.3, -0.25) is 10.1 Å². The van der Waals surface area contributed by atoms with E-state index in [9.17, 15) is 10.1 Å². The monoisotopic (exact) mass is 273 g/mol. The SMILES string of the molecule is Cc1cccc(CNc2nc(NN)ccc2[N+](=O)[O-])c1. The van der Waals surface area contributed by atoms with Gasteiger partial charge in [0.2, 0.25) is 5.82 Å². The first-order valence-electron chi connectivity index (χ1n) is 6.01. The number of anilines is 2. The summed E-state index contributed by atoms with van der Waals surface area (Å²) in [6, 6.07) is 10.7. The number of nitrogen functional groups attached to an aromatic ring is 1. The molecule has 104 valence electrons. The Balaban J connectivity index is 2.21. The van der Waals surface area contributed by atoms with E-state index in [2.05, 4.69) is 15.7 Å². The van der Waals surface area contributed by atoms with Crippen molar-refractivity contribution in [3.8, 4) is 0 Å². The molecule has 0 bridgehead atoms. The van der Waals surface area contributed by atoms with E-state index in [1.807, 2.05) is 31.2 Å². The van der Waals surface area contributed by atoms with Gasteiger partial charge in [0.1, 0.15) is 5.82 Å². The van der Waals surface area contributed by atoms with Crippen LogP contribution in [-0.4, -0.2) is 9.91 Å². The summed E-state index contributed by atoms with van der Waals surface area (Å²) in [5, 5.41) is 13.9. The zero-order valence-corrected chi connectivity index (χ0v) is 11.0. The standard InChI is InChI=1S/C13H15N5O2/c1-9-3-2-4-10(7-9)8-15-13-11(18(19)20)5-6-12(16-13)17-14/h2-7H,8,14H2,1H3,(H2,15,16,17). The van der Waals surface area contributed by atoms with Gasteiger partial charge in [-0.1, -0.05) is 29.8 Å². The lowest BCUT2D eigenvalue weighted by molar-refractivity contribution is -0.384. The summed E-state index contributed by atoms with van der Waals surface area (Å²) in [6.45, 7) is 2.44. The Hall–Kier alpha value is -2.67. The zero-order valence-electron chi connectivity index (χ0n) is 11.0. The van der Waals surface area contributed by atoms with E-state index in [4.69, 9.17) is 5.84 Å². The molecule has 7 nitrogen and oxygen atoms in total. The smallest absolute Gasteiger partial charge is 0.311 e. The minimum Gasteiger partial charge on any atom is -0.360 e. The number of hydrogen-bond acceptors (Lipinski definition) is 6. The molecule has 0 fully saturated rings. The molecule has 1 aromatic heterocycles. The first-order valence-corrected chi connectivity index (χ1v) is 6.01. The molecular formula is C13H15N5O2. The molecule has 1 aromatic carbocycles. The van der Waals surface area contributed by atoms with Crippen LogP contribution in [0.3, 0.4) is 0 Å². The Morgan fingerprint density at radius 1 is 1.35 bits per heavy atom. The number of nitrogens with one attached hydrogen (secondary N) is 2. The van der Waals surface area contributed by atoms with Crippen LogP contribution in [0.15, 0.2) is 36.4 Å². The van der Waals surface area contributed by atoms with Gasteiger partial charge in [-0.05, 0) is 18.6 Å². The number of hydrogen-bond donors (Lipinski definition) is 3. The van der Waals surface area contributed by atoms with Gasteiger partial charge >= 0.3 is 5.69 Å². The molecule has 1 heterocycles. The van der Waals surface area contributed by atoms with Crippen molar-refractivity contribution in [3.05, 3.63) is 57.6 Å². The fraction of sp³-hybridized carbons (Fsp3) is 0.154. The van der Waals surface area contributed by atoms with Crippen molar-refractivity contribution in [3.63, 3.8) is 0 Å². The second kappa shape index (κ2) is 5.98. The summed E-state index contributed by atoms with van der Waals surface area (Å²) in [5.74, 6) is 5.81. The quantitative estimate of drug-likeness (QED) is 0.438. The Morgan fingerprint density at radius 3 is 2.80 bits per heavy atom. The fourth-order valence-electron chi connectivity index (χ4n) is 1.82. The van der Waals surface area contributed by atoms with Gasteiger partial charge in [0.25, 0.3) is 0 Å². The van der Waals surface area contributed by atoms with Crippen molar-refractivity contribution >= 4 is 17.3 Å². The third kappa shape index (κ3) is 3.21. The van der Waals surface area contributed by atoms with Crippen LogP contribution in [0.2, 0.25) is 0 Å². The lowest BCUT2D eigenvalue weighted by Crippen LogP contribution is -2.11. The highest BCUT2D eigenvalue weighted by Gasteiger charge is 2.15. The highest BCUT2D eigenvalue weighted by atomic mass is 16.6. The minimum absolute atomic E-state index is 0.0864. The predicted octanol–water partition coefficient (Wildman–Crippen LogP) is 2.20. The third-order valence-corrected chi connectivity index (χ3v) is 2.76. The number of nitrogens with zero attached hydrogens (tertiary/aromatic N) is 2. The van der Waals surface area contributed by atoms with Crippen molar-refractivity contribution in [1.29, 1.82) is 0 Å². The molecule has 7 heteroatoms. The van der Waals surface area contributed by atoms with Crippen molar-refractivity contribution in [2.24, 2.45) is 5.84 Å². The number of aryl methyl sites for hydroxylation is 1. The summed E-state index contributed by atoms with van der Waals surface area (Å²) in [5.41, 5.74) is 4.43. The predicted molar refractivity (Wildman–Crippen MR) is 77.2 cm³/mol. The number of benzene rings is 1. The van der Waals surface area contributed by atoms with Gasteiger partial charge in [0, 0.05) is 12.6 Å². The van der Waals surface area contributed by atoms with Crippen LogP contribution in [0.4, 0.5) is 17.3 Å². The van der Waals surface area contributed by atoms with Crippen LogP contribution >= 0.6 is 0 Å². The summed E-state index contributed by atoms with van der Waals surface area (Å²) < 4.78 is 0. The maximum absolute atomic E-state index is 11.0. The molecule has 0 unspecified atom stereocenters. The Labute approximate surface area is 116 Å². The Kier molecular flexibility index (Phi) is 4.11. The van der Waals surface area contributed by atoms with Crippen molar-refractivity contribution in [2.75, 3.05) is 10.7 Å². The molecule has 20 heavy (non-hydrogen) atoms. The van der Waals surface area contributed by atoms with Gasteiger partial charge in [-0.25, -0.2) is 10.8 Å². The van der Waals surface area contributed by atoms with Gasteiger partial charge in [-0.2, -0.15) is 0 Å². The number of nitrogens with two attached hydrogens (primary N) is 1. The first kappa shape index (κ1) is 13.8. The van der Waals surface area contributed by atoms with E-state index < -0.39 is 4.92 Å². The second-order valence-corrected chi connectivity index (χ2v) is 4.31. The largest absolute Gasteiger partial charge is 0.360 e. The van der Waals surface area contributed by atoms with Gasteiger partial charge in [-0.15, -0.1) is 0 Å². The van der Waals surface area contributed by atoms with Crippen LogP contribution in [0, 0.1) is 17.0 Å². The minimum atomic E-state index is -0.480. The summed E-state index contributed by atoms with van der Waals surface area (Å²) >= 11 is 0. The molecule has 0 atom stereocenters. The maximum atomic E-state index is 11.0. The highest BCUT2D eigenvalue weighted by molar-refractivity contribution is 5.60. The topological polar surface area (TPSA) is 106 Å². The zero-order chi connectivity index (χ0) is 14.5. The molecule has 4 N–H and O–H groups in total. The normalized spacial score (nSPS) is 10.1. The van der Waals surface area contributed by atoms with Crippen LogP contribution in [0.1, 0.15) is 11.1 Å². The summed E-state index contributed by atoms with van der Waals surface area (Å²) in [7, 11) is 0. The van der Waals surface area contributed by atoms with E-state index in [0.717, 1.165) is 11.1 Å². The fourth-order valence-corrected chi connectivity index (χ4v) is 1.82. The molecule has 0 amide bonds. The molecule has 0 aliphatic rings. The van der Waals surface area contributed by atoms with Crippen molar-refractivity contribution in [1.82, 2.24) is 4.98 Å². The second-order valence-electron chi connectivity index (χ2n) is 4.31.